The second kappa shape index (κ2) is 9.61. The Kier molecular flexibility index (Phi) is 11.4. The van der Waals surface area contributed by atoms with Gasteiger partial charge < -0.3 is 15.1 Å². The van der Waals surface area contributed by atoms with Gasteiger partial charge in [-0.2, -0.15) is 0 Å². The third-order valence-corrected chi connectivity index (χ3v) is 2.94. The summed E-state index contributed by atoms with van der Waals surface area (Å²) in [5, 5.41) is 3.11. The molecule has 0 heterocycles. The van der Waals surface area contributed by atoms with Gasteiger partial charge >= 0.3 is 7.60 Å². The third-order valence-electron chi connectivity index (χ3n) is 2.14. The molecule has 0 fully saturated rings. The van der Waals surface area contributed by atoms with Crippen LogP contribution in [-0.4, -0.2) is 28.5 Å². The Balaban J connectivity index is 0. The summed E-state index contributed by atoms with van der Waals surface area (Å²) in [6.45, 7) is 4.61. The molecule has 94 valence electrons. The summed E-state index contributed by atoms with van der Waals surface area (Å²) < 4.78 is 10.5. The van der Waals surface area contributed by atoms with Crippen molar-refractivity contribution in [3.05, 3.63) is 0 Å². The van der Waals surface area contributed by atoms with Gasteiger partial charge in [-0.05, 0) is 13.3 Å². The quantitative estimate of drug-likeness (QED) is 0.461. The maximum absolute atomic E-state index is 10.5. The van der Waals surface area contributed by atoms with Crippen molar-refractivity contribution >= 4 is 20.0 Å². The van der Waals surface area contributed by atoms with Crippen LogP contribution in [0.1, 0.15) is 39.5 Å². The van der Waals surface area contributed by atoms with Crippen LogP contribution in [0.25, 0.3) is 0 Å². The molecule has 1 atom stereocenters. The van der Waals surface area contributed by atoms with Crippen molar-refractivity contribution in [2.75, 3.05) is 12.7 Å². The Morgan fingerprint density at radius 1 is 1.33 bits per heavy atom. The minimum absolute atomic E-state index is 0. The molecule has 0 bridgehead atoms. The third kappa shape index (κ3) is 14.4. The monoisotopic (exact) mass is 259 g/mol. The highest BCUT2D eigenvalue weighted by Gasteiger charge is 2.12. The van der Waals surface area contributed by atoms with Crippen LogP contribution in [0, 0.1) is 0 Å². The van der Waals surface area contributed by atoms with Crippen LogP contribution in [-0.2, 0) is 4.57 Å². The number of rotatable bonds is 8. The normalized spacial score (nSPS) is 13.3. The Hall–Kier alpha value is 0.400. The molecule has 0 rings (SSSR count). The summed E-state index contributed by atoms with van der Waals surface area (Å²) >= 11 is 0. The fourth-order valence-electron chi connectivity index (χ4n) is 1.26. The summed E-state index contributed by atoms with van der Waals surface area (Å²) in [5.74, 6) is 0. The molecule has 4 nitrogen and oxygen atoms in total. The number of hydrogen-bond acceptors (Lipinski definition) is 2. The zero-order chi connectivity index (χ0) is 11.0. The molecule has 0 radical (unpaired) electrons. The summed E-state index contributed by atoms with van der Waals surface area (Å²) in [7, 11) is -3.82. The minimum atomic E-state index is -3.82. The molecule has 0 aliphatic carbocycles. The molecule has 0 aromatic carbocycles. The molecule has 0 amide bonds. The number of unbranched alkanes of at least 4 members (excludes halogenated alkanes) is 2. The van der Waals surface area contributed by atoms with Crippen molar-refractivity contribution < 1.29 is 14.4 Å². The highest BCUT2D eigenvalue weighted by Crippen LogP contribution is 2.32. The van der Waals surface area contributed by atoms with Crippen LogP contribution < -0.4 is 5.32 Å². The molecule has 0 saturated heterocycles. The Labute approximate surface area is 98.4 Å². The maximum atomic E-state index is 10.5. The highest BCUT2D eigenvalue weighted by atomic mass is 35.5. The van der Waals surface area contributed by atoms with E-state index < -0.39 is 7.60 Å². The van der Waals surface area contributed by atoms with Gasteiger partial charge in [0.1, 0.15) is 0 Å². The van der Waals surface area contributed by atoms with E-state index in [4.69, 9.17) is 9.79 Å². The molecule has 6 heteroatoms. The molecule has 0 spiro atoms. The SMILES string of the molecule is CCCCC[C@H](C)NCCP(=O)(O)O.Cl. The van der Waals surface area contributed by atoms with Crippen molar-refractivity contribution in [1.29, 1.82) is 0 Å². The first kappa shape index (κ1) is 17.8. The highest BCUT2D eigenvalue weighted by molar-refractivity contribution is 7.51. The number of nitrogens with one attached hydrogen (secondary N) is 1. The van der Waals surface area contributed by atoms with E-state index in [0.29, 0.717) is 12.6 Å². The predicted molar refractivity (Wildman–Crippen MR) is 65.8 cm³/mol. The molecule has 3 N–H and O–H groups in total. The van der Waals surface area contributed by atoms with Gasteiger partial charge in [0.25, 0.3) is 0 Å². The lowest BCUT2D eigenvalue weighted by atomic mass is 10.1. The van der Waals surface area contributed by atoms with Gasteiger partial charge in [0.2, 0.25) is 0 Å². The molecule has 0 aliphatic rings. The molecule has 0 aromatic heterocycles. The standard InChI is InChI=1S/C9H22NO3P.ClH/c1-3-4-5-6-9(2)10-7-8-14(11,12)13;/h9-10H,3-8H2,1-2H3,(H2,11,12,13);1H/t9-;/m0./s1. The van der Waals surface area contributed by atoms with Crippen LogP contribution in [0.5, 0.6) is 0 Å². The Morgan fingerprint density at radius 3 is 2.40 bits per heavy atom. The van der Waals surface area contributed by atoms with Gasteiger partial charge in [-0.3, -0.25) is 4.57 Å². The summed E-state index contributed by atoms with van der Waals surface area (Å²) in [6.07, 6.45) is 4.63. The predicted octanol–water partition coefficient (Wildman–Crippen LogP) is 2.14. The molecule has 0 aromatic rings. The van der Waals surface area contributed by atoms with E-state index in [0.717, 1.165) is 6.42 Å². The first-order chi connectivity index (χ1) is 6.45. The molecule has 0 saturated carbocycles. The average Bonchev–Trinajstić information content (AvgIpc) is 2.02. The van der Waals surface area contributed by atoms with Crippen molar-refractivity contribution in [2.45, 2.75) is 45.6 Å². The van der Waals surface area contributed by atoms with Crippen molar-refractivity contribution in [3.8, 4) is 0 Å². The van der Waals surface area contributed by atoms with Gasteiger partial charge in [-0.25, -0.2) is 0 Å². The van der Waals surface area contributed by atoms with Crippen LogP contribution in [0.3, 0.4) is 0 Å². The maximum Gasteiger partial charge on any atom is 0.326 e. The largest absolute Gasteiger partial charge is 0.326 e. The van der Waals surface area contributed by atoms with E-state index in [-0.39, 0.29) is 18.6 Å². The van der Waals surface area contributed by atoms with Gasteiger partial charge in [-0.15, -0.1) is 12.4 Å². The van der Waals surface area contributed by atoms with Crippen LogP contribution in [0.2, 0.25) is 0 Å². The summed E-state index contributed by atoms with van der Waals surface area (Å²) in [4.78, 5) is 17.2. The Bertz CT molecular complexity index is 186. The van der Waals surface area contributed by atoms with Crippen LogP contribution >= 0.6 is 20.0 Å². The van der Waals surface area contributed by atoms with Gasteiger partial charge in [0, 0.05) is 12.6 Å². The number of halogens is 1. The first-order valence-corrected chi connectivity index (χ1v) is 7.03. The summed E-state index contributed by atoms with van der Waals surface area (Å²) in [5.41, 5.74) is 0. The lowest BCUT2D eigenvalue weighted by Crippen LogP contribution is -2.28. The number of hydrogen-bond donors (Lipinski definition) is 3. The van der Waals surface area contributed by atoms with Crippen LogP contribution in [0.4, 0.5) is 0 Å². The molecular formula is C9H23ClNO3P. The second-order valence-corrected chi connectivity index (χ2v) is 5.52. The molecule has 0 aliphatic heterocycles. The van der Waals surface area contributed by atoms with Gasteiger partial charge in [0.15, 0.2) is 0 Å². The lowest BCUT2D eigenvalue weighted by molar-refractivity contribution is 0.370. The molecule has 0 unspecified atom stereocenters. The van der Waals surface area contributed by atoms with E-state index >= 15 is 0 Å². The topological polar surface area (TPSA) is 69.6 Å². The van der Waals surface area contributed by atoms with E-state index in [1.807, 2.05) is 0 Å². The average molecular weight is 260 g/mol. The minimum Gasteiger partial charge on any atom is -0.324 e. The lowest BCUT2D eigenvalue weighted by Gasteiger charge is -2.13. The zero-order valence-corrected chi connectivity index (χ0v) is 11.2. The van der Waals surface area contributed by atoms with E-state index in [1.165, 1.54) is 19.3 Å². The Morgan fingerprint density at radius 2 is 1.93 bits per heavy atom. The van der Waals surface area contributed by atoms with Crippen molar-refractivity contribution in [3.63, 3.8) is 0 Å². The zero-order valence-electron chi connectivity index (χ0n) is 9.48. The smallest absolute Gasteiger partial charge is 0.324 e. The van der Waals surface area contributed by atoms with Crippen molar-refractivity contribution in [1.82, 2.24) is 5.32 Å². The van der Waals surface area contributed by atoms with E-state index in [2.05, 4.69) is 19.2 Å². The van der Waals surface area contributed by atoms with Crippen LogP contribution in [0.15, 0.2) is 0 Å². The first-order valence-electron chi connectivity index (χ1n) is 5.23. The fraction of sp³-hybridized carbons (Fsp3) is 1.00. The molecular weight excluding hydrogens is 237 g/mol. The fourth-order valence-corrected chi connectivity index (χ4v) is 1.68. The van der Waals surface area contributed by atoms with Gasteiger partial charge in [-0.1, -0.05) is 26.2 Å². The molecule has 15 heavy (non-hydrogen) atoms. The second-order valence-electron chi connectivity index (χ2n) is 3.74. The van der Waals surface area contributed by atoms with Crippen molar-refractivity contribution in [2.24, 2.45) is 0 Å². The van der Waals surface area contributed by atoms with Gasteiger partial charge in [0.05, 0.1) is 6.16 Å². The van der Waals surface area contributed by atoms with E-state index in [9.17, 15) is 4.57 Å². The summed E-state index contributed by atoms with van der Waals surface area (Å²) in [6, 6.07) is 0.355. The van der Waals surface area contributed by atoms with E-state index in [1.54, 1.807) is 0 Å².